The molecule has 1 N–H and O–H groups in total. The lowest BCUT2D eigenvalue weighted by molar-refractivity contribution is -0.137. The van der Waals surface area contributed by atoms with Crippen molar-refractivity contribution in [3.05, 3.63) is 65.2 Å². The van der Waals surface area contributed by atoms with Gasteiger partial charge in [-0.2, -0.15) is 13.2 Å². The van der Waals surface area contributed by atoms with E-state index in [1.807, 2.05) is 0 Å². The number of nitrogens with one attached hydrogen (secondary N) is 1. The fourth-order valence-electron chi connectivity index (χ4n) is 2.61. The molecular formula is C20H23F3N2O3S. The fourth-order valence-corrected chi connectivity index (χ4v) is 3.51. The quantitative estimate of drug-likeness (QED) is 0.764. The van der Waals surface area contributed by atoms with Gasteiger partial charge in [0.25, 0.3) is 5.91 Å². The number of benzene rings is 2. The highest BCUT2D eigenvalue weighted by Gasteiger charge is 2.32. The zero-order valence-corrected chi connectivity index (χ0v) is 17.4. The van der Waals surface area contributed by atoms with Gasteiger partial charge in [0, 0.05) is 31.6 Å². The second-order valence-electron chi connectivity index (χ2n) is 7.46. The average molecular weight is 428 g/mol. The number of carbonyl (C=O) groups excluding carboxylic acids is 1. The molecule has 0 atom stereocenters. The third-order valence-electron chi connectivity index (χ3n) is 4.56. The summed E-state index contributed by atoms with van der Waals surface area (Å²) >= 11 is 0. The maximum atomic E-state index is 12.9. The normalized spacial score (nSPS) is 12.8. The van der Waals surface area contributed by atoms with Crippen LogP contribution in [0.15, 0.2) is 53.4 Å². The van der Waals surface area contributed by atoms with Crippen molar-refractivity contribution in [1.29, 1.82) is 0 Å². The standard InChI is InChI=1S/C20H23F3N2O3S/c1-19(2,15-6-5-7-16(12-15)20(21,22)23)13-24-18(26)14-8-10-17(11-9-14)29(27,28)25(3)4/h5-12H,13H2,1-4H3,(H,24,26). The van der Waals surface area contributed by atoms with Crippen molar-refractivity contribution in [2.45, 2.75) is 30.3 Å². The topological polar surface area (TPSA) is 66.5 Å². The van der Waals surface area contributed by atoms with Crippen LogP contribution in [-0.2, 0) is 21.6 Å². The van der Waals surface area contributed by atoms with E-state index in [9.17, 15) is 26.4 Å². The first-order valence-corrected chi connectivity index (χ1v) is 10.2. The summed E-state index contributed by atoms with van der Waals surface area (Å²) in [6.45, 7) is 3.57. The van der Waals surface area contributed by atoms with Crippen LogP contribution in [-0.4, -0.2) is 39.3 Å². The summed E-state index contributed by atoms with van der Waals surface area (Å²) in [6, 6.07) is 10.5. The molecule has 0 aliphatic rings. The van der Waals surface area contributed by atoms with E-state index in [2.05, 4.69) is 5.32 Å². The maximum absolute atomic E-state index is 12.9. The van der Waals surface area contributed by atoms with Crippen LogP contribution in [0.1, 0.15) is 35.3 Å². The van der Waals surface area contributed by atoms with Crippen LogP contribution in [0.4, 0.5) is 13.2 Å². The zero-order chi connectivity index (χ0) is 22.0. The first-order valence-electron chi connectivity index (χ1n) is 8.74. The lowest BCUT2D eigenvalue weighted by Gasteiger charge is -2.26. The molecule has 0 aromatic heterocycles. The van der Waals surface area contributed by atoms with Gasteiger partial charge in [0.1, 0.15) is 0 Å². The van der Waals surface area contributed by atoms with E-state index in [1.165, 1.54) is 44.4 Å². The molecule has 0 aliphatic carbocycles. The Morgan fingerprint density at radius 1 is 1.00 bits per heavy atom. The van der Waals surface area contributed by atoms with Crippen molar-refractivity contribution in [3.63, 3.8) is 0 Å². The predicted molar refractivity (Wildman–Crippen MR) is 104 cm³/mol. The first kappa shape index (κ1) is 22.9. The number of nitrogens with zero attached hydrogens (tertiary/aromatic N) is 1. The Morgan fingerprint density at radius 3 is 2.07 bits per heavy atom. The third kappa shape index (κ3) is 5.36. The Morgan fingerprint density at radius 2 is 1.55 bits per heavy atom. The van der Waals surface area contributed by atoms with Gasteiger partial charge in [-0.3, -0.25) is 4.79 Å². The highest BCUT2D eigenvalue weighted by molar-refractivity contribution is 7.89. The van der Waals surface area contributed by atoms with E-state index >= 15 is 0 Å². The van der Waals surface area contributed by atoms with E-state index in [1.54, 1.807) is 19.9 Å². The Hall–Kier alpha value is -2.39. The van der Waals surface area contributed by atoms with Gasteiger partial charge in [-0.1, -0.05) is 32.0 Å². The molecule has 9 heteroatoms. The molecule has 5 nitrogen and oxygen atoms in total. The summed E-state index contributed by atoms with van der Waals surface area (Å²) in [5.41, 5.74) is -0.792. The third-order valence-corrected chi connectivity index (χ3v) is 6.39. The molecule has 2 rings (SSSR count). The number of sulfonamides is 1. The molecule has 0 bridgehead atoms. The smallest absolute Gasteiger partial charge is 0.351 e. The molecule has 0 heterocycles. The molecule has 0 radical (unpaired) electrons. The minimum absolute atomic E-state index is 0.0587. The van der Waals surface area contributed by atoms with Gasteiger partial charge in [0.15, 0.2) is 0 Å². The van der Waals surface area contributed by atoms with Gasteiger partial charge in [0.05, 0.1) is 10.5 Å². The number of rotatable bonds is 6. The fraction of sp³-hybridized carbons (Fsp3) is 0.350. The van der Waals surface area contributed by atoms with E-state index in [-0.39, 0.29) is 17.0 Å². The number of carbonyl (C=O) groups is 1. The summed E-state index contributed by atoms with van der Waals surface area (Å²) in [7, 11) is -0.780. The zero-order valence-electron chi connectivity index (χ0n) is 16.5. The highest BCUT2D eigenvalue weighted by atomic mass is 32.2. The molecule has 0 aliphatic heterocycles. The van der Waals surface area contributed by atoms with E-state index in [0.717, 1.165) is 16.4 Å². The van der Waals surface area contributed by atoms with Crippen LogP contribution in [0, 0.1) is 0 Å². The summed E-state index contributed by atoms with van der Waals surface area (Å²) < 4.78 is 64.0. The SMILES string of the molecule is CN(C)S(=O)(=O)c1ccc(C(=O)NCC(C)(C)c2cccc(C(F)(F)F)c2)cc1. The molecule has 2 aromatic carbocycles. The summed E-state index contributed by atoms with van der Waals surface area (Å²) in [5, 5.41) is 2.70. The van der Waals surface area contributed by atoms with Gasteiger partial charge < -0.3 is 5.32 Å². The Bertz CT molecular complexity index is 983. The van der Waals surface area contributed by atoms with E-state index in [4.69, 9.17) is 0 Å². The molecule has 0 spiro atoms. The lowest BCUT2D eigenvalue weighted by atomic mass is 9.83. The molecular weight excluding hydrogens is 405 g/mol. The summed E-state index contributed by atoms with van der Waals surface area (Å²) in [5.74, 6) is -0.446. The second-order valence-corrected chi connectivity index (χ2v) is 9.61. The number of alkyl halides is 3. The number of hydrogen-bond donors (Lipinski definition) is 1. The molecule has 0 saturated carbocycles. The van der Waals surface area contributed by atoms with Crippen molar-refractivity contribution in [3.8, 4) is 0 Å². The monoisotopic (exact) mass is 428 g/mol. The second kappa shape index (κ2) is 8.16. The molecule has 0 saturated heterocycles. The Kier molecular flexibility index (Phi) is 6.44. The van der Waals surface area contributed by atoms with Gasteiger partial charge in [-0.25, -0.2) is 12.7 Å². The van der Waals surface area contributed by atoms with Crippen LogP contribution >= 0.6 is 0 Å². The largest absolute Gasteiger partial charge is 0.416 e. The van der Waals surface area contributed by atoms with Crippen molar-refractivity contribution in [2.75, 3.05) is 20.6 Å². The average Bonchev–Trinajstić information content (AvgIpc) is 2.65. The minimum atomic E-state index is -4.44. The minimum Gasteiger partial charge on any atom is -0.351 e. The number of halogens is 3. The summed E-state index contributed by atoms with van der Waals surface area (Å²) in [6.07, 6.45) is -4.44. The van der Waals surface area contributed by atoms with Crippen LogP contribution in [0.5, 0.6) is 0 Å². The van der Waals surface area contributed by atoms with Crippen molar-refractivity contribution in [1.82, 2.24) is 9.62 Å². The molecule has 0 unspecified atom stereocenters. The van der Waals surface area contributed by atoms with Crippen molar-refractivity contribution < 1.29 is 26.4 Å². The first-order chi connectivity index (χ1) is 13.2. The van der Waals surface area contributed by atoms with Crippen LogP contribution in [0.2, 0.25) is 0 Å². The molecule has 2 aromatic rings. The van der Waals surface area contributed by atoms with Gasteiger partial charge in [-0.15, -0.1) is 0 Å². The van der Waals surface area contributed by atoms with Crippen LogP contribution in [0.25, 0.3) is 0 Å². The Balaban J connectivity index is 2.12. The molecule has 1 amide bonds. The maximum Gasteiger partial charge on any atom is 0.416 e. The van der Waals surface area contributed by atoms with Crippen LogP contribution < -0.4 is 5.32 Å². The lowest BCUT2D eigenvalue weighted by Crippen LogP contribution is -2.36. The number of hydrogen-bond acceptors (Lipinski definition) is 3. The van der Waals surface area contributed by atoms with Gasteiger partial charge >= 0.3 is 6.18 Å². The predicted octanol–water partition coefficient (Wildman–Crippen LogP) is 3.66. The van der Waals surface area contributed by atoms with Gasteiger partial charge in [-0.05, 0) is 35.9 Å². The molecule has 158 valence electrons. The molecule has 29 heavy (non-hydrogen) atoms. The molecule has 0 fully saturated rings. The Labute approximate surface area is 168 Å². The van der Waals surface area contributed by atoms with E-state index in [0.29, 0.717) is 5.56 Å². The van der Waals surface area contributed by atoms with Crippen molar-refractivity contribution in [2.24, 2.45) is 0 Å². The van der Waals surface area contributed by atoms with E-state index < -0.39 is 33.1 Å². The highest BCUT2D eigenvalue weighted by Crippen LogP contribution is 2.32. The summed E-state index contributed by atoms with van der Waals surface area (Å²) in [4.78, 5) is 12.5. The van der Waals surface area contributed by atoms with Crippen LogP contribution in [0.3, 0.4) is 0 Å². The number of amides is 1. The van der Waals surface area contributed by atoms with Gasteiger partial charge in [0.2, 0.25) is 10.0 Å². The van der Waals surface area contributed by atoms with Crippen molar-refractivity contribution >= 4 is 15.9 Å².